The Bertz CT molecular complexity index is 276. The van der Waals surface area contributed by atoms with Gasteiger partial charge in [-0.15, -0.1) is 11.8 Å². The van der Waals surface area contributed by atoms with E-state index in [4.69, 9.17) is 10.8 Å². The molecule has 0 fully saturated rings. The number of aliphatic hydroxyl groups is 1. The minimum absolute atomic E-state index is 0.0107. The Balaban J connectivity index is 2.42. The second kappa shape index (κ2) is 6.71. The Hall–Kier alpha value is -0.710. The van der Waals surface area contributed by atoms with Gasteiger partial charge in [0.2, 0.25) is 0 Å². The zero-order chi connectivity index (χ0) is 11.1. The second-order valence-electron chi connectivity index (χ2n) is 3.28. The number of anilines is 1. The molecule has 0 radical (unpaired) electrons. The highest BCUT2D eigenvalue weighted by Gasteiger charge is 1.99. The van der Waals surface area contributed by atoms with Gasteiger partial charge < -0.3 is 16.2 Å². The van der Waals surface area contributed by atoms with E-state index in [-0.39, 0.29) is 12.6 Å². The van der Waals surface area contributed by atoms with Crippen molar-refractivity contribution in [2.45, 2.75) is 17.9 Å². The zero-order valence-electron chi connectivity index (χ0n) is 8.94. The molecule has 0 saturated heterocycles. The SMILES string of the molecule is CCSc1ccc(NCC(N)CO)cc1. The fraction of sp³-hybridized carbons (Fsp3) is 0.455. The first-order valence-electron chi connectivity index (χ1n) is 5.09. The van der Waals surface area contributed by atoms with Crippen LogP contribution in [0, 0.1) is 0 Å². The van der Waals surface area contributed by atoms with E-state index in [0.29, 0.717) is 6.54 Å². The molecule has 0 saturated carbocycles. The van der Waals surface area contributed by atoms with Gasteiger partial charge in [0.15, 0.2) is 0 Å². The van der Waals surface area contributed by atoms with Crippen molar-refractivity contribution < 1.29 is 5.11 Å². The summed E-state index contributed by atoms with van der Waals surface area (Å²) in [5.74, 6) is 1.09. The van der Waals surface area contributed by atoms with Crippen LogP contribution in [0.2, 0.25) is 0 Å². The third-order valence-corrected chi connectivity index (χ3v) is 2.86. The molecule has 84 valence electrons. The average Bonchev–Trinajstić information content (AvgIpc) is 2.28. The molecule has 0 heterocycles. The lowest BCUT2D eigenvalue weighted by Gasteiger charge is -2.11. The Kier molecular flexibility index (Phi) is 5.53. The summed E-state index contributed by atoms with van der Waals surface area (Å²) in [6.45, 7) is 2.74. The lowest BCUT2D eigenvalue weighted by molar-refractivity contribution is 0.270. The van der Waals surface area contributed by atoms with Crippen molar-refractivity contribution in [3.05, 3.63) is 24.3 Å². The number of aliphatic hydroxyl groups excluding tert-OH is 1. The van der Waals surface area contributed by atoms with Crippen molar-refractivity contribution in [3.63, 3.8) is 0 Å². The van der Waals surface area contributed by atoms with Crippen LogP contribution in [0.5, 0.6) is 0 Å². The van der Waals surface area contributed by atoms with Crippen molar-refractivity contribution in [3.8, 4) is 0 Å². The summed E-state index contributed by atoms with van der Waals surface area (Å²) in [4.78, 5) is 1.27. The van der Waals surface area contributed by atoms with Crippen molar-refractivity contribution in [2.75, 3.05) is 24.2 Å². The van der Waals surface area contributed by atoms with Crippen LogP contribution in [0.3, 0.4) is 0 Å². The zero-order valence-corrected chi connectivity index (χ0v) is 9.76. The molecule has 1 atom stereocenters. The Labute approximate surface area is 95.1 Å². The van der Waals surface area contributed by atoms with Crippen LogP contribution in [0.25, 0.3) is 0 Å². The molecule has 0 aliphatic rings. The normalized spacial score (nSPS) is 12.5. The van der Waals surface area contributed by atoms with E-state index in [1.165, 1.54) is 4.90 Å². The van der Waals surface area contributed by atoms with E-state index in [2.05, 4.69) is 24.4 Å². The third-order valence-electron chi connectivity index (χ3n) is 1.97. The van der Waals surface area contributed by atoms with Crippen molar-refractivity contribution >= 4 is 17.4 Å². The molecular weight excluding hydrogens is 208 g/mol. The molecule has 0 amide bonds. The molecule has 0 aromatic heterocycles. The van der Waals surface area contributed by atoms with Gasteiger partial charge in [-0.3, -0.25) is 0 Å². The molecule has 0 spiro atoms. The first kappa shape index (κ1) is 12.4. The molecule has 0 bridgehead atoms. The predicted octanol–water partition coefficient (Wildman–Crippen LogP) is 1.53. The number of hydrogen-bond donors (Lipinski definition) is 3. The van der Waals surface area contributed by atoms with E-state index in [1.54, 1.807) is 0 Å². The van der Waals surface area contributed by atoms with Crippen LogP contribution in [0.4, 0.5) is 5.69 Å². The minimum atomic E-state index is -0.199. The van der Waals surface area contributed by atoms with Crippen molar-refractivity contribution in [2.24, 2.45) is 5.73 Å². The Morgan fingerprint density at radius 2 is 2.07 bits per heavy atom. The summed E-state index contributed by atoms with van der Waals surface area (Å²) in [5, 5.41) is 11.9. The largest absolute Gasteiger partial charge is 0.395 e. The van der Waals surface area contributed by atoms with Gasteiger partial charge in [-0.2, -0.15) is 0 Å². The topological polar surface area (TPSA) is 58.3 Å². The van der Waals surface area contributed by atoms with Crippen LogP contribution in [0.1, 0.15) is 6.92 Å². The molecule has 0 aliphatic carbocycles. The highest BCUT2D eigenvalue weighted by atomic mass is 32.2. The molecule has 1 rings (SSSR count). The van der Waals surface area contributed by atoms with Crippen LogP contribution < -0.4 is 11.1 Å². The van der Waals surface area contributed by atoms with Crippen LogP contribution in [-0.4, -0.2) is 30.1 Å². The smallest absolute Gasteiger partial charge is 0.0599 e. The van der Waals surface area contributed by atoms with Gasteiger partial charge in [0.05, 0.1) is 6.61 Å². The molecule has 4 N–H and O–H groups in total. The quantitative estimate of drug-likeness (QED) is 0.644. The highest BCUT2D eigenvalue weighted by molar-refractivity contribution is 7.99. The predicted molar refractivity (Wildman–Crippen MR) is 66.4 cm³/mol. The fourth-order valence-corrected chi connectivity index (χ4v) is 1.81. The molecule has 4 heteroatoms. The number of nitrogens with one attached hydrogen (secondary N) is 1. The number of benzene rings is 1. The van der Waals surface area contributed by atoms with Crippen LogP contribution >= 0.6 is 11.8 Å². The lowest BCUT2D eigenvalue weighted by atomic mass is 10.3. The molecule has 3 nitrogen and oxygen atoms in total. The maximum Gasteiger partial charge on any atom is 0.0599 e. The number of rotatable bonds is 6. The second-order valence-corrected chi connectivity index (χ2v) is 4.62. The first-order chi connectivity index (χ1) is 7.26. The third kappa shape index (κ3) is 4.55. The molecule has 15 heavy (non-hydrogen) atoms. The Morgan fingerprint density at radius 3 is 2.60 bits per heavy atom. The molecule has 1 aromatic carbocycles. The van der Waals surface area contributed by atoms with Crippen molar-refractivity contribution in [1.82, 2.24) is 0 Å². The monoisotopic (exact) mass is 226 g/mol. The van der Waals surface area contributed by atoms with E-state index >= 15 is 0 Å². The van der Waals surface area contributed by atoms with E-state index < -0.39 is 0 Å². The average molecular weight is 226 g/mol. The van der Waals surface area contributed by atoms with E-state index in [0.717, 1.165) is 11.4 Å². The van der Waals surface area contributed by atoms with Gasteiger partial charge in [-0.1, -0.05) is 6.92 Å². The van der Waals surface area contributed by atoms with Gasteiger partial charge in [0.25, 0.3) is 0 Å². The summed E-state index contributed by atoms with van der Waals surface area (Å²) in [6, 6.07) is 8.03. The maximum absolute atomic E-state index is 8.76. The lowest BCUT2D eigenvalue weighted by Crippen LogP contribution is -2.32. The maximum atomic E-state index is 8.76. The van der Waals surface area contributed by atoms with Crippen LogP contribution in [0.15, 0.2) is 29.2 Å². The van der Waals surface area contributed by atoms with E-state index in [9.17, 15) is 0 Å². The molecule has 1 unspecified atom stereocenters. The molecular formula is C11H18N2OS. The summed E-state index contributed by atoms with van der Waals surface area (Å²) < 4.78 is 0. The van der Waals surface area contributed by atoms with Gasteiger partial charge in [-0.05, 0) is 30.0 Å². The number of nitrogens with two attached hydrogens (primary N) is 1. The summed E-state index contributed by atoms with van der Waals surface area (Å²) in [5.41, 5.74) is 6.62. The Morgan fingerprint density at radius 1 is 1.40 bits per heavy atom. The van der Waals surface area contributed by atoms with Gasteiger partial charge in [-0.25, -0.2) is 0 Å². The summed E-state index contributed by atoms with van der Waals surface area (Å²) in [7, 11) is 0. The first-order valence-corrected chi connectivity index (χ1v) is 6.08. The van der Waals surface area contributed by atoms with Gasteiger partial charge in [0, 0.05) is 23.2 Å². The number of hydrogen-bond acceptors (Lipinski definition) is 4. The van der Waals surface area contributed by atoms with Gasteiger partial charge in [0.1, 0.15) is 0 Å². The van der Waals surface area contributed by atoms with Crippen molar-refractivity contribution in [1.29, 1.82) is 0 Å². The summed E-state index contributed by atoms with van der Waals surface area (Å²) in [6.07, 6.45) is 0. The number of thioether (sulfide) groups is 1. The highest BCUT2D eigenvalue weighted by Crippen LogP contribution is 2.19. The molecule has 1 aromatic rings. The van der Waals surface area contributed by atoms with Crippen LogP contribution in [-0.2, 0) is 0 Å². The van der Waals surface area contributed by atoms with Gasteiger partial charge >= 0.3 is 0 Å². The standard InChI is InChI=1S/C11H18N2OS/c1-2-15-11-5-3-10(4-6-11)13-7-9(12)8-14/h3-6,9,13-14H,2,7-8,12H2,1H3. The minimum Gasteiger partial charge on any atom is -0.395 e. The summed E-state index contributed by atoms with van der Waals surface area (Å²) >= 11 is 1.82. The fourth-order valence-electron chi connectivity index (χ4n) is 1.15. The van der Waals surface area contributed by atoms with E-state index in [1.807, 2.05) is 23.9 Å². The molecule has 0 aliphatic heterocycles.